The molecule has 158 valence electrons. The van der Waals surface area contributed by atoms with E-state index in [2.05, 4.69) is 38.0 Å². The van der Waals surface area contributed by atoms with Gasteiger partial charge in [0.2, 0.25) is 0 Å². The first kappa shape index (κ1) is 22.5. The minimum atomic E-state index is -0.0692. The van der Waals surface area contributed by atoms with Gasteiger partial charge in [0, 0.05) is 39.1 Å². The quantitative estimate of drug-likeness (QED) is 0.252. The van der Waals surface area contributed by atoms with Crippen LogP contribution in [0.1, 0.15) is 58.3 Å². The summed E-state index contributed by atoms with van der Waals surface area (Å²) in [6.07, 6.45) is 8.30. The van der Waals surface area contributed by atoms with Crippen LogP contribution < -0.4 is 15.5 Å². The molecule has 1 fully saturated rings. The Labute approximate surface area is 173 Å². The van der Waals surface area contributed by atoms with Gasteiger partial charge in [-0.3, -0.25) is 9.79 Å². The third-order valence-electron chi connectivity index (χ3n) is 5.03. The van der Waals surface area contributed by atoms with Crippen molar-refractivity contribution in [1.82, 2.24) is 10.6 Å². The molecule has 1 aliphatic rings. The Balaban J connectivity index is 1.50. The molecule has 0 radical (unpaired) electrons. The summed E-state index contributed by atoms with van der Waals surface area (Å²) in [7, 11) is 1.84. The Kier molecular flexibility index (Phi) is 10.8. The second kappa shape index (κ2) is 13.4. The highest BCUT2D eigenvalue weighted by atomic mass is 32.1. The zero-order valence-corrected chi connectivity index (χ0v) is 18.2. The lowest BCUT2D eigenvalue weighted by Gasteiger charge is -2.33. The first-order valence-electron chi connectivity index (χ1n) is 10.6. The molecule has 6 nitrogen and oxygen atoms in total. The number of unbranched alkanes of at least 4 members (excludes halogenated alkanes) is 4. The zero-order valence-electron chi connectivity index (χ0n) is 17.4. The molecule has 1 saturated heterocycles. The Morgan fingerprint density at radius 2 is 2.00 bits per heavy atom. The van der Waals surface area contributed by atoms with Gasteiger partial charge in [-0.1, -0.05) is 19.3 Å². The van der Waals surface area contributed by atoms with E-state index < -0.39 is 0 Å². The zero-order chi connectivity index (χ0) is 20.0. The molecule has 0 atom stereocenters. The number of anilines is 1. The normalized spacial score (nSPS) is 15.5. The van der Waals surface area contributed by atoms with Crippen LogP contribution >= 0.6 is 11.3 Å². The lowest BCUT2D eigenvalue weighted by molar-refractivity contribution is -0.143. The maximum absolute atomic E-state index is 11.3. The van der Waals surface area contributed by atoms with Crippen molar-refractivity contribution in [3.8, 4) is 0 Å². The number of esters is 1. The van der Waals surface area contributed by atoms with Gasteiger partial charge in [-0.05, 0) is 50.1 Å². The second-order valence-electron chi connectivity index (χ2n) is 7.18. The molecule has 0 amide bonds. The SMILES string of the molecule is CCOC(=O)CCCCCCCNC(=NC)NC1CCN(c2cccs2)CC1. The van der Waals surface area contributed by atoms with Crippen molar-refractivity contribution in [2.24, 2.45) is 4.99 Å². The number of nitrogens with zero attached hydrogens (tertiary/aromatic N) is 2. The number of piperidine rings is 1. The summed E-state index contributed by atoms with van der Waals surface area (Å²) in [5.41, 5.74) is 0. The van der Waals surface area contributed by atoms with Gasteiger partial charge >= 0.3 is 5.97 Å². The number of thiophene rings is 1. The van der Waals surface area contributed by atoms with Crippen LogP contribution in [-0.2, 0) is 9.53 Å². The summed E-state index contributed by atoms with van der Waals surface area (Å²) >= 11 is 1.82. The highest BCUT2D eigenvalue weighted by molar-refractivity contribution is 7.14. The van der Waals surface area contributed by atoms with Crippen LogP contribution in [-0.4, -0.2) is 51.3 Å². The van der Waals surface area contributed by atoms with Crippen molar-refractivity contribution >= 4 is 28.3 Å². The van der Waals surface area contributed by atoms with Crippen molar-refractivity contribution < 1.29 is 9.53 Å². The third-order valence-corrected chi connectivity index (χ3v) is 5.96. The summed E-state index contributed by atoms with van der Waals surface area (Å²) in [6, 6.07) is 4.82. The number of aliphatic imine (C=N–C) groups is 1. The highest BCUT2D eigenvalue weighted by Crippen LogP contribution is 2.24. The lowest BCUT2D eigenvalue weighted by atomic mass is 10.1. The Bertz CT molecular complexity index is 569. The van der Waals surface area contributed by atoms with E-state index in [0.717, 1.165) is 64.1 Å². The third kappa shape index (κ3) is 8.50. The molecule has 0 spiro atoms. The molecular formula is C21H36N4O2S. The lowest BCUT2D eigenvalue weighted by Crippen LogP contribution is -2.48. The van der Waals surface area contributed by atoms with Crippen molar-refractivity contribution in [2.75, 3.05) is 38.2 Å². The Morgan fingerprint density at radius 3 is 2.68 bits per heavy atom. The molecule has 2 heterocycles. The van der Waals surface area contributed by atoms with Gasteiger partial charge in [0.05, 0.1) is 11.6 Å². The van der Waals surface area contributed by atoms with Gasteiger partial charge < -0.3 is 20.3 Å². The van der Waals surface area contributed by atoms with Gasteiger partial charge in [0.1, 0.15) is 0 Å². The van der Waals surface area contributed by atoms with E-state index in [1.54, 1.807) is 0 Å². The number of carbonyl (C=O) groups is 1. The van der Waals surface area contributed by atoms with Crippen molar-refractivity contribution in [3.63, 3.8) is 0 Å². The maximum Gasteiger partial charge on any atom is 0.305 e. The summed E-state index contributed by atoms with van der Waals surface area (Å²) < 4.78 is 4.94. The fraction of sp³-hybridized carbons (Fsp3) is 0.714. The summed E-state index contributed by atoms with van der Waals surface area (Å²) in [4.78, 5) is 18.1. The highest BCUT2D eigenvalue weighted by Gasteiger charge is 2.20. The Hall–Kier alpha value is -1.76. The summed E-state index contributed by atoms with van der Waals surface area (Å²) in [6.45, 7) is 5.46. The van der Waals surface area contributed by atoms with Crippen molar-refractivity contribution in [1.29, 1.82) is 0 Å². The molecule has 1 aromatic heterocycles. The number of guanidine groups is 1. The topological polar surface area (TPSA) is 66.0 Å². The number of hydrogen-bond donors (Lipinski definition) is 2. The van der Waals surface area contributed by atoms with Crippen LogP contribution in [0.4, 0.5) is 5.00 Å². The smallest absolute Gasteiger partial charge is 0.305 e. The van der Waals surface area contributed by atoms with Crippen molar-refractivity contribution in [2.45, 2.75) is 64.3 Å². The number of hydrogen-bond acceptors (Lipinski definition) is 5. The van der Waals surface area contributed by atoms with E-state index in [0.29, 0.717) is 19.1 Å². The summed E-state index contributed by atoms with van der Waals surface area (Å²) in [5, 5.41) is 10.5. The molecule has 0 bridgehead atoms. The number of nitrogens with one attached hydrogen (secondary N) is 2. The minimum Gasteiger partial charge on any atom is -0.466 e. The van der Waals surface area contributed by atoms with E-state index in [4.69, 9.17) is 4.74 Å². The van der Waals surface area contributed by atoms with Crippen LogP contribution in [0.5, 0.6) is 0 Å². The van der Waals surface area contributed by atoms with Gasteiger partial charge in [0.15, 0.2) is 5.96 Å². The molecule has 0 unspecified atom stereocenters. The maximum atomic E-state index is 11.3. The molecule has 28 heavy (non-hydrogen) atoms. The monoisotopic (exact) mass is 408 g/mol. The minimum absolute atomic E-state index is 0.0692. The standard InChI is InChI=1S/C21H36N4O2S/c1-3-27-20(26)11-7-5-4-6-8-14-23-21(22-2)24-18-12-15-25(16-13-18)19-10-9-17-28-19/h9-10,17-18H,3-8,11-16H2,1-2H3,(H2,22,23,24). The fourth-order valence-electron chi connectivity index (χ4n) is 3.45. The Morgan fingerprint density at radius 1 is 1.25 bits per heavy atom. The number of rotatable bonds is 11. The first-order chi connectivity index (χ1) is 13.7. The van der Waals surface area contributed by atoms with E-state index in [-0.39, 0.29) is 5.97 Å². The summed E-state index contributed by atoms with van der Waals surface area (Å²) in [5.74, 6) is 0.845. The number of ether oxygens (including phenoxy) is 1. The van der Waals surface area contributed by atoms with Crippen molar-refractivity contribution in [3.05, 3.63) is 17.5 Å². The van der Waals surface area contributed by atoms with Crippen LogP contribution in [0, 0.1) is 0 Å². The molecule has 2 rings (SSSR count). The largest absolute Gasteiger partial charge is 0.466 e. The molecule has 0 aromatic carbocycles. The van der Waals surface area contributed by atoms with Gasteiger partial charge in [0.25, 0.3) is 0 Å². The van der Waals surface area contributed by atoms with E-state index in [1.807, 2.05) is 25.3 Å². The van der Waals surface area contributed by atoms with Gasteiger partial charge in [-0.15, -0.1) is 11.3 Å². The predicted octanol–water partition coefficient (Wildman–Crippen LogP) is 3.79. The molecule has 1 aromatic rings. The second-order valence-corrected chi connectivity index (χ2v) is 8.10. The van der Waals surface area contributed by atoms with E-state index in [1.165, 1.54) is 11.4 Å². The molecule has 0 saturated carbocycles. The molecule has 1 aliphatic heterocycles. The van der Waals surface area contributed by atoms with E-state index in [9.17, 15) is 4.79 Å². The molecule has 7 heteroatoms. The predicted molar refractivity (Wildman–Crippen MR) is 118 cm³/mol. The van der Waals surface area contributed by atoms with Gasteiger partial charge in [-0.2, -0.15) is 0 Å². The van der Waals surface area contributed by atoms with Crippen LogP contribution in [0.2, 0.25) is 0 Å². The molecule has 2 N–H and O–H groups in total. The van der Waals surface area contributed by atoms with Crippen LogP contribution in [0.15, 0.2) is 22.5 Å². The van der Waals surface area contributed by atoms with E-state index >= 15 is 0 Å². The van der Waals surface area contributed by atoms with Crippen LogP contribution in [0.25, 0.3) is 0 Å². The number of carbonyl (C=O) groups excluding carboxylic acids is 1. The molecule has 0 aliphatic carbocycles. The fourth-order valence-corrected chi connectivity index (χ4v) is 4.23. The van der Waals surface area contributed by atoms with Crippen LogP contribution in [0.3, 0.4) is 0 Å². The average molecular weight is 409 g/mol. The first-order valence-corrected chi connectivity index (χ1v) is 11.5. The molecular weight excluding hydrogens is 372 g/mol. The van der Waals surface area contributed by atoms with Gasteiger partial charge in [-0.25, -0.2) is 0 Å². The average Bonchev–Trinajstić information content (AvgIpc) is 3.24.